The molecule has 0 saturated heterocycles. The first kappa shape index (κ1) is 13.4. The van der Waals surface area contributed by atoms with Crippen LogP contribution in [0.5, 0.6) is 0 Å². The second kappa shape index (κ2) is 6.75. The van der Waals surface area contributed by atoms with Crippen molar-refractivity contribution in [2.45, 2.75) is 18.2 Å². The minimum absolute atomic E-state index is 0.129. The highest BCUT2D eigenvalue weighted by atomic mass is 79.9. The van der Waals surface area contributed by atoms with Gasteiger partial charge in [-0.1, -0.05) is 15.9 Å². The van der Waals surface area contributed by atoms with Gasteiger partial charge in [-0.2, -0.15) is 0 Å². The quantitative estimate of drug-likeness (QED) is 0.696. The van der Waals surface area contributed by atoms with Crippen molar-refractivity contribution >= 4 is 26.0 Å². The molecule has 0 aliphatic heterocycles. The fourth-order valence-corrected chi connectivity index (χ4v) is 1.86. The summed E-state index contributed by atoms with van der Waals surface area (Å²) >= 11 is 3.37. The Morgan fingerprint density at radius 1 is 1.54 bits per heavy atom. The molecule has 0 aliphatic carbocycles. The van der Waals surface area contributed by atoms with Crippen LogP contribution in [-0.4, -0.2) is 39.3 Å². The molecule has 13 heavy (non-hydrogen) atoms. The van der Waals surface area contributed by atoms with Crippen molar-refractivity contribution in [3.8, 4) is 0 Å². The van der Waals surface area contributed by atoms with E-state index >= 15 is 0 Å². The number of hydrogen-bond acceptors (Lipinski definition) is 3. The van der Waals surface area contributed by atoms with E-state index in [9.17, 15) is 8.42 Å². The Hall–Kier alpha value is 0.350. The van der Waals surface area contributed by atoms with Gasteiger partial charge in [-0.15, -0.1) is 0 Å². The van der Waals surface area contributed by atoms with Crippen LogP contribution in [0.2, 0.25) is 0 Å². The van der Waals surface area contributed by atoms with E-state index in [1.807, 2.05) is 0 Å². The van der Waals surface area contributed by atoms with E-state index in [2.05, 4.69) is 20.7 Å². The van der Waals surface area contributed by atoms with Crippen LogP contribution in [0.1, 0.15) is 13.3 Å². The first-order valence-electron chi connectivity index (χ1n) is 4.12. The van der Waals surface area contributed by atoms with E-state index in [1.165, 1.54) is 0 Å². The zero-order valence-corrected chi connectivity index (χ0v) is 10.3. The van der Waals surface area contributed by atoms with Crippen LogP contribution in [0, 0.1) is 0 Å². The van der Waals surface area contributed by atoms with Crippen LogP contribution in [0.3, 0.4) is 0 Å². The maximum atomic E-state index is 11.0. The van der Waals surface area contributed by atoms with Gasteiger partial charge < -0.3 is 4.74 Å². The summed E-state index contributed by atoms with van der Waals surface area (Å²) in [5.41, 5.74) is 0. The highest BCUT2D eigenvalue weighted by Gasteiger charge is 2.07. The summed E-state index contributed by atoms with van der Waals surface area (Å²) in [6, 6.07) is 0. The first-order chi connectivity index (χ1) is 6.02. The Kier molecular flexibility index (Phi) is 6.93. The van der Waals surface area contributed by atoms with E-state index in [0.29, 0.717) is 13.2 Å². The fourth-order valence-electron chi connectivity index (χ4n) is 0.737. The largest absolute Gasteiger partial charge is 0.384 e. The zero-order valence-electron chi connectivity index (χ0n) is 7.92. The molecule has 0 spiro atoms. The van der Waals surface area contributed by atoms with Gasteiger partial charge in [0.05, 0.1) is 12.4 Å². The van der Waals surface area contributed by atoms with Crippen molar-refractivity contribution in [1.82, 2.24) is 4.72 Å². The van der Waals surface area contributed by atoms with Crippen molar-refractivity contribution in [3.63, 3.8) is 0 Å². The zero-order chi connectivity index (χ0) is 10.3. The lowest BCUT2D eigenvalue weighted by Gasteiger charge is -2.08. The maximum Gasteiger partial charge on any atom is 0.211 e. The van der Waals surface area contributed by atoms with Crippen molar-refractivity contribution in [2.24, 2.45) is 0 Å². The Labute approximate surface area is 88.2 Å². The van der Waals surface area contributed by atoms with Crippen molar-refractivity contribution in [1.29, 1.82) is 0 Å². The van der Waals surface area contributed by atoms with Gasteiger partial charge in [-0.05, 0) is 13.3 Å². The molecule has 1 atom stereocenters. The number of nitrogens with one attached hydrogen (secondary N) is 1. The number of alkyl halides is 1. The Bertz CT molecular complexity index is 218. The van der Waals surface area contributed by atoms with Gasteiger partial charge in [-0.3, -0.25) is 0 Å². The molecule has 0 amide bonds. The van der Waals surface area contributed by atoms with Crippen LogP contribution in [-0.2, 0) is 14.8 Å². The molecular formula is C7H16BrNO3S. The third-order valence-electron chi connectivity index (χ3n) is 1.51. The third-order valence-corrected chi connectivity index (χ3v) is 3.63. The van der Waals surface area contributed by atoms with Crippen molar-refractivity contribution < 1.29 is 13.2 Å². The van der Waals surface area contributed by atoms with Crippen LogP contribution in [0.25, 0.3) is 0 Å². The second-order valence-electron chi connectivity index (χ2n) is 2.64. The number of halogens is 1. The van der Waals surface area contributed by atoms with Gasteiger partial charge in [0.15, 0.2) is 0 Å². The Morgan fingerprint density at radius 3 is 2.62 bits per heavy atom. The number of rotatable bonds is 7. The lowest BCUT2D eigenvalue weighted by molar-refractivity contribution is 0.199. The first-order valence-corrected chi connectivity index (χ1v) is 6.69. The monoisotopic (exact) mass is 273 g/mol. The molecule has 1 N–H and O–H groups in total. The molecule has 0 aliphatic rings. The third kappa shape index (κ3) is 7.42. The highest BCUT2D eigenvalue weighted by Crippen LogP contribution is 2.04. The van der Waals surface area contributed by atoms with Crippen molar-refractivity contribution in [2.75, 3.05) is 26.0 Å². The number of hydrogen-bond donors (Lipinski definition) is 1. The average molecular weight is 274 g/mol. The summed E-state index contributed by atoms with van der Waals surface area (Å²) < 4.78 is 29.3. The normalized spacial score (nSPS) is 14.4. The van der Waals surface area contributed by atoms with Gasteiger partial charge in [-0.25, -0.2) is 13.1 Å². The average Bonchev–Trinajstić information content (AvgIpc) is 2.05. The summed E-state index contributed by atoms with van der Waals surface area (Å²) in [6.45, 7) is 2.66. The lowest BCUT2D eigenvalue weighted by Crippen LogP contribution is -2.28. The summed E-state index contributed by atoms with van der Waals surface area (Å²) in [7, 11) is -1.43. The van der Waals surface area contributed by atoms with E-state index in [1.54, 1.807) is 14.0 Å². The summed E-state index contributed by atoms with van der Waals surface area (Å²) in [5.74, 6) is 0.129. The molecule has 0 heterocycles. The summed E-state index contributed by atoms with van der Waals surface area (Å²) in [4.78, 5) is 0.206. The smallest absolute Gasteiger partial charge is 0.211 e. The Morgan fingerprint density at radius 2 is 2.15 bits per heavy atom. The number of methoxy groups -OCH3 is 1. The Balaban J connectivity index is 3.56. The van der Waals surface area contributed by atoms with E-state index in [-0.39, 0.29) is 10.6 Å². The van der Waals surface area contributed by atoms with Crippen LogP contribution in [0.4, 0.5) is 0 Å². The molecule has 0 radical (unpaired) electrons. The number of sulfonamides is 1. The van der Waals surface area contributed by atoms with Crippen molar-refractivity contribution in [3.05, 3.63) is 0 Å². The van der Waals surface area contributed by atoms with Crippen LogP contribution >= 0.6 is 15.9 Å². The predicted molar refractivity (Wildman–Crippen MR) is 56.7 cm³/mol. The molecule has 0 aromatic heterocycles. The maximum absolute atomic E-state index is 11.0. The van der Waals surface area contributed by atoms with Gasteiger partial charge in [0, 0.05) is 18.5 Å². The van der Waals surface area contributed by atoms with E-state index in [0.717, 1.165) is 6.42 Å². The molecule has 0 aromatic carbocycles. The molecule has 0 bridgehead atoms. The molecule has 0 saturated carbocycles. The molecule has 0 rings (SSSR count). The van der Waals surface area contributed by atoms with Crippen LogP contribution in [0.15, 0.2) is 0 Å². The van der Waals surface area contributed by atoms with Gasteiger partial charge in [0.25, 0.3) is 0 Å². The topological polar surface area (TPSA) is 55.4 Å². The molecule has 80 valence electrons. The van der Waals surface area contributed by atoms with Gasteiger partial charge in [0.2, 0.25) is 10.0 Å². The molecule has 1 unspecified atom stereocenters. The SMILES string of the molecule is CCS(=O)(=O)NCCC(Br)COC. The van der Waals surface area contributed by atoms with Crippen LogP contribution < -0.4 is 4.72 Å². The minimum atomic E-state index is -3.04. The standard InChI is InChI=1S/C7H16BrNO3S/c1-3-13(10,11)9-5-4-7(8)6-12-2/h7,9H,3-6H2,1-2H3. The lowest BCUT2D eigenvalue weighted by atomic mass is 10.3. The summed E-state index contributed by atoms with van der Waals surface area (Å²) in [6.07, 6.45) is 0.729. The van der Waals surface area contributed by atoms with E-state index < -0.39 is 10.0 Å². The fraction of sp³-hybridized carbons (Fsp3) is 1.00. The molecule has 4 nitrogen and oxygen atoms in total. The second-order valence-corrected chi connectivity index (χ2v) is 6.03. The summed E-state index contributed by atoms with van der Waals surface area (Å²) in [5, 5.41) is 0. The van der Waals surface area contributed by atoms with Gasteiger partial charge in [0.1, 0.15) is 0 Å². The molecule has 0 fully saturated rings. The molecule has 0 aromatic rings. The molecular weight excluding hydrogens is 258 g/mol. The highest BCUT2D eigenvalue weighted by molar-refractivity contribution is 9.09. The minimum Gasteiger partial charge on any atom is -0.384 e. The predicted octanol–water partition coefficient (Wildman–Crippen LogP) is 0.726. The molecule has 6 heteroatoms. The number of ether oxygens (including phenoxy) is 1. The van der Waals surface area contributed by atoms with E-state index in [4.69, 9.17) is 4.74 Å². The van der Waals surface area contributed by atoms with Gasteiger partial charge >= 0.3 is 0 Å².